The summed E-state index contributed by atoms with van der Waals surface area (Å²) < 4.78 is 14.0. The number of hydrogen-bond donors (Lipinski definition) is 1. The van der Waals surface area contributed by atoms with E-state index >= 15 is 0 Å². The molecular weight excluding hydrogens is 321 g/mol. The molecule has 0 amide bonds. The van der Waals surface area contributed by atoms with Gasteiger partial charge in [-0.1, -0.05) is 84.4 Å². The fraction of sp³-hybridized carbons (Fsp3) is 0.0476. The van der Waals surface area contributed by atoms with Crippen molar-refractivity contribution in [3.8, 4) is 0 Å². The van der Waals surface area contributed by atoms with Gasteiger partial charge in [-0.15, -0.1) is 0 Å². The second-order valence-electron chi connectivity index (χ2n) is 5.55. The highest BCUT2D eigenvalue weighted by molar-refractivity contribution is 6.31. The maximum absolute atomic E-state index is 14.0. The Morgan fingerprint density at radius 2 is 1.54 bits per heavy atom. The summed E-state index contributed by atoms with van der Waals surface area (Å²) in [7, 11) is 0. The molecule has 0 aliphatic carbocycles. The fourth-order valence-electron chi connectivity index (χ4n) is 2.67. The van der Waals surface area contributed by atoms with Crippen molar-refractivity contribution in [3.63, 3.8) is 0 Å². The van der Waals surface area contributed by atoms with Gasteiger partial charge in [0.1, 0.15) is 5.82 Å². The van der Waals surface area contributed by atoms with Crippen LogP contribution in [0.2, 0.25) is 5.02 Å². The first-order valence-corrected chi connectivity index (χ1v) is 8.05. The Bertz CT molecular complexity index is 844. The lowest BCUT2D eigenvalue weighted by molar-refractivity contribution is 0.626. The number of hydrogen-bond acceptors (Lipinski definition) is 1. The molecule has 0 aliphatic heterocycles. The van der Waals surface area contributed by atoms with Crippen molar-refractivity contribution in [3.05, 3.63) is 106 Å². The molecule has 0 heterocycles. The van der Waals surface area contributed by atoms with Crippen molar-refractivity contribution in [2.24, 2.45) is 0 Å². The van der Waals surface area contributed by atoms with Crippen LogP contribution < -0.4 is 5.73 Å². The van der Waals surface area contributed by atoms with Crippen molar-refractivity contribution in [2.75, 3.05) is 5.73 Å². The zero-order valence-electron chi connectivity index (χ0n) is 13.0. The van der Waals surface area contributed by atoms with Crippen molar-refractivity contribution in [1.29, 1.82) is 0 Å². The Morgan fingerprint density at radius 1 is 0.917 bits per heavy atom. The van der Waals surface area contributed by atoms with Gasteiger partial charge in [-0.05, 0) is 28.8 Å². The standard InChI is InChI=1S/C21H17ClFN/c22-19-14-21(24)18(13-20(19)23)17(16-9-5-2-6-10-16)12-11-15-7-3-1-4-8-15/h1-14,17H,24H2/b12-11+. The van der Waals surface area contributed by atoms with E-state index in [1.807, 2.05) is 72.8 Å². The number of halogens is 2. The fourth-order valence-corrected chi connectivity index (χ4v) is 2.85. The van der Waals surface area contributed by atoms with E-state index in [-0.39, 0.29) is 10.9 Å². The smallest absolute Gasteiger partial charge is 0.142 e. The molecule has 1 atom stereocenters. The number of allylic oxidation sites excluding steroid dienone is 1. The summed E-state index contributed by atoms with van der Waals surface area (Å²) in [5, 5.41) is 0.0371. The lowest BCUT2D eigenvalue weighted by Gasteiger charge is -2.17. The normalized spacial score (nSPS) is 12.4. The molecule has 3 aromatic carbocycles. The topological polar surface area (TPSA) is 26.0 Å². The van der Waals surface area contributed by atoms with E-state index in [9.17, 15) is 4.39 Å². The Kier molecular flexibility index (Phi) is 4.97. The van der Waals surface area contributed by atoms with Crippen LogP contribution in [0.25, 0.3) is 6.08 Å². The number of rotatable bonds is 4. The van der Waals surface area contributed by atoms with Crippen LogP contribution in [0.5, 0.6) is 0 Å². The zero-order chi connectivity index (χ0) is 16.9. The minimum atomic E-state index is -0.463. The quantitative estimate of drug-likeness (QED) is 0.589. The van der Waals surface area contributed by atoms with Crippen molar-refractivity contribution < 1.29 is 4.39 Å². The molecule has 1 nitrogen and oxygen atoms in total. The first kappa shape index (κ1) is 16.3. The van der Waals surface area contributed by atoms with E-state index in [1.54, 1.807) is 0 Å². The van der Waals surface area contributed by atoms with Crippen LogP contribution in [-0.4, -0.2) is 0 Å². The predicted octanol–water partition coefficient (Wildman–Crippen LogP) is 5.91. The van der Waals surface area contributed by atoms with Crippen LogP contribution in [0.3, 0.4) is 0 Å². The third kappa shape index (κ3) is 3.66. The average molecular weight is 338 g/mol. The molecule has 120 valence electrons. The van der Waals surface area contributed by atoms with Gasteiger partial charge in [0.25, 0.3) is 0 Å². The lowest BCUT2D eigenvalue weighted by Crippen LogP contribution is -2.03. The van der Waals surface area contributed by atoms with E-state index in [2.05, 4.69) is 0 Å². The van der Waals surface area contributed by atoms with E-state index in [1.165, 1.54) is 12.1 Å². The summed E-state index contributed by atoms with van der Waals surface area (Å²) in [5.41, 5.74) is 9.41. The maximum Gasteiger partial charge on any atom is 0.142 e. The third-order valence-corrected chi connectivity index (χ3v) is 4.19. The first-order chi connectivity index (χ1) is 11.6. The molecule has 3 rings (SSSR count). The Labute approximate surface area is 146 Å². The largest absolute Gasteiger partial charge is 0.398 e. The highest BCUT2D eigenvalue weighted by Gasteiger charge is 2.16. The summed E-state index contributed by atoms with van der Waals surface area (Å²) in [4.78, 5) is 0. The van der Waals surface area contributed by atoms with Gasteiger partial charge in [0.05, 0.1) is 5.02 Å². The van der Waals surface area contributed by atoms with Gasteiger partial charge in [-0.2, -0.15) is 0 Å². The summed E-state index contributed by atoms with van der Waals surface area (Å²) in [6, 6.07) is 22.7. The second kappa shape index (κ2) is 7.33. The van der Waals surface area contributed by atoms with Gasteiger partial charge in [0, 0.05) is 11.6 Å². The Morgan fingerprint density at radius 3 is 2.21 bits per heavy atom. The second-order valence-corrected chi connectivity index (χ2v) is 5.96. The molecule has 0 saturated carbocycles. The highest BCUT2D eigenvalue weighted by atomic mass is 35.5. The number of nitrogen functional groups attached to an aromatic ring is 1. The minimum absolute atomic E-state index is 0.0371. The molecule has 3 aromatic rings. The van der Waals surface area contributed by atoms with Gasteiger partial charge < -0.3 is 5.73 Å². The molecule has 0 bridgehead atoms. The molecule has 0 spiro atoms. The molecule has 0 saturated heterocycles. The minimum Gasteiger partial charge on any atom is -0.398 e. The highest BCUT2D eigenvalue weighted by Crippen LogP contribution is 2.33. The Balaban J connectivity index is 2.06. The maximum atomic E-state index is 14.0. The molecule has 1 unspecified atom stereocenters. The average Bonchev–Trinajstić information content (AvgIpc) is 2.61. The lowest BCUT2D eigenvalue weighted by atomic mass is 9.89. The van der Waals surface area contributed by atoms with Gasteiger partial charge >= 0.3 is 0 Å². The van der Waals surface area contributed by atoms with Crippen molar-refractivity contribution in [2.45, 2.75) is 5.92 Å². The van der Waals surface area contributed by atoms with E-state index in [4.69, 9.17) is 17.3 Å². The van der Waals surface area contributed by atoms with Crippen molar-refractivity contribution in [1.82, 2.24) is 0 Å². The summed E-state index contributed by atoms with van der Waals surface area (Å²) in [6.45, 7) is 0. The predicted molar refractivity (Wildman–Crippen MR) is 99.6 cm³/mol. The number of benzene rings is 3. The summed E-state index contributed by atoms with van der Waals surface area (Å²) >= 11 is 5.84. The first-order valence-electron chi connectivity index (χ1n) is 7.68. The van der Waals surface area contributed by atoms with Crippen LogP contribution in [0, 0.1) is 5.82 Å². The van der Waals surface area contributed by atoms with Crippen LogP contribution in [0.4, 0.5) is 10.1 Å². The van der Waals surface area contributed by atoms with Gasteiger partial charge in [0.2, 0.25) is 0 Å². The van der Waals surface area contributed by atoms with E-state index in [0.29, 0.717) is 11.3 Å². The SMILES string of the molecule is Nc1cc(Cl)c(F)cc1C(/C=C/c1ccccc1)c1ccccc1. The number of anilines is 1. The van der Waals surface area contributed by atoms with E-state index < -0.39 is 5.82 Å². The molecule has 0 radical (unpaired) electrons. The van der Waals surface area contributed by atoms with Crippen LogP contribution in [0.15, 0.2) is 78.9 Å². The molecule has 0 fully saturated rings. The van der Waals surface area contributed by atoms with Gasteiger partial charge in [0.15, 0.2) is 0 Å². The molecule has 24 heavy (non-hydrogen) atoms. The summed E-state index contributed by atoms with van der Waals surface area (Å²) in [5.74, 6) is -0.618. The molecule has 0 aromatic heterocycles. The number of nitrogens with two attached hydrogens (primary N) is 1. The molecule has 0 aliphatic rings. The van der Waals surface area contributed by atoms with Crippen LogP contribution >= 0.6 is 11.6 Å². The van der Waals surface area contributed by atoms with Crippen LogP contribution in [-0.2, 0) is 0 Å². The van der Waals surface area contributed by atoms with Crippen LogP contribution in [0.1, 0.15) is 22.6 Å². The zero-order valence-corrected chi connectivity index (χ0v) is 13.7. The van der Waals surface area contributed by atoms with Crippen molar-refractivity contribution >= 4 is 23.4 Å². The molecular formula is C21H17ClFN. The molecule has 2 N–H and O–H groups in total. The Hall–Kier alpha value is -2.58. The van der Waals surface area contributed by atoms with Gasteiger partial charge in [-0.25, -0.2) is 4.39 Å². The van der Waals surface area contributed by atoms with E-state index in [0.717, 1.165) is 11.1 Å². The van der Waals surface area contributed by atoms with Gasteiger partial charge in [-0.3, -0.25) is 0 Å². The molecule has 3 heteroatoms. The summed E-state index contributed by atoms with van der Waals surface area (Å²) in [6.07, 6.45) is 4.05. The third-order valence-electron chi connectivity index (χ3n) is 3.90. The monoisotopic (exact) mass is 337 g/mol.